The Labute approximate surface area is 95.4 Å². The van der Waals surface area contributed by atoms with Crippen molar-refractivity contribution in [3.05, 3.63) is 34.7 Å². The Bertz CT molecular complexity index is 613. The molecule has 0 fully saturated rings. The van der Waals surface area contributed by atoms with Crippen molar-refractivity contribution in [1.29, 1.82) is 0 Å². The number of hydrogen-bond acceptors (Lipinski definition) is 5. The van der Waals surface area contributed by atoms with Crippen LogP contribution in [0.1, 0.15) is 10.7 Å². The van der Waals surface area contributed by atoms with Crippen LogP contribution in [0.15, 0.2) is 24.0 Å². The highest BCUT2D eigenvalue weighted by atomic mass is 32.1. The van der Waals surface area contributed by atoms with Gasteiger partial charge in [-0.05, 0) is 6.07 Å². The van der Waals surface area contributed by atoms with Crippen LogP contribution in [-0.4, -0.2) is 19.9 Å². The lowest BCUT2D eigenvalue weighted by Crippen LogP contribution is -2.00. The first kappa shape index (κ1) is 9.29. The minimum absolute atomic E-state index is 0.519. The number of hydrogen-bond donors (Lipinski definition) is 2. The van der Waals surface area contributed by atoms with E-state index in [0.717, 1.165) is 21.7 Å². The summed E-state index contributed by atoms with van der Waals surface area (Å²) in [5.74, 6) is 1.24. The Balaban J connectivity index is 2.04. The van der Waals surface area contributed by atoms with Crippen LogP contribution in [0.3, 0.4) is 0 Å². The maximum absolute atomic E-state index is 5.85. The van der Waals surface area contributed by atoms with Gasteiger partial charge in [0.15, 0.2) is 0 Å². The number of nitrogens with two attached hydrogens (primary N) is 1. The predicted octanol–water partition coefficient (Wildman–Crippen LogP) is 1.59. The molecule has 3 N–H and O–H groups in total. The number of nitrogens with one attached hydrogen (secondary N) is 1. The highest BCUT2D eigenvalue weighted by Crippen LogP contribution is 2.18. The molecule has 3 rings (SSSR count). The lowest BCUT2D eigenvalue weighted by atomic mass is 10.3. The molecule has 0 aliphatic carbocycles. The molecule has 16 heavy (non-hydrogen) atoms. The largest absolute Gasteiger partial charge is 0.383 e. The summed E-state index contributed by atoms with van der Waals surface area (Å²) in [7, 11) is 0. The molecule has 0 radical (unpaired) electrons. The predicted molar refractivity (Wildman–Crippen MR) is 63.2 cm³/mol. The molecule has 0 aromatic carbocycles. The summed E-state index contributed by atoms with van der Waals surface area (Å²) < 4.78 is 0. The van der Waals surface area contributed by atoms with Crippen LogP contribution in [0, 0.1) is 0 Å². The van der Waals surface area contributed by atoms with Crippen LogP contribution in [0.2, 0.25) is 0 Å². The van der Waals surface area contributed by atoms with E-state index in [9.17, 15) is 0 Å². The summed E-state index contributed by atoms with van der Waals surface area (Å²) in [6.45, 7) is 0. The number of aromatic nitrogens is 4. The van der Waals surface area contributed by atoms with Gasteiger partial charge < -0.3 is 10.7 Å². The van der Waals surface area contributed by atoms with E-state index < -0.39 is 0 Å². The minimum Gasteiger partial charge on any atom is -0.383 e. The topological polar surface area (TPSA) is 80.5 Å². The van der Waals surface area contributed by atoms with E-state index in [-0.39, 0.29) is 0 Å². The van der Waals surface area contributed by atoms with Crippen molar-refractivity contribution in [3.63, 3.8) is 0 Å². The van der Waals surface area contributed by atoms with Gasteiger partial charge in [0.1, 0.15) is 17.3 Å². The lowest BCUT2D eigenvalue weighted by molar-refractivity contribution is 1.00. The fourth-order valence-electron chi connectivity index (χ4n) is 1.58. The monoisotopic (exact) mass is 231 g/mol. The van der Waals surface area contributed by atoms with Gasteiger partial charge in [0.2, 0.25) is 0 Å². The molecule has 0 bridgehead atoms. The van der Waals surface area contributed by atoms with Gasteiger partial charge in [0, 0.05) is 23.7 Å². The number of fused-ring (bicyclic) bond motifs is 1. The van der Waals surface area contributed by atoms with Crippen LogP contribution in [-0.2, 0) is 6.42 Å². The molecule has 6 heteroatoms. The molecule has 0 saturated heterocycles. The molecule has 0 aliphatic heterocycles. The zero-order valence-corrected chi connectivity index (χ0v) is 9.16. The van der Waals surface area contributed by atoms with Crippen LogP contribution in [0.25, 0.3) is 11.0 Å². The maximum Gasteiger partial charge on any atom is 0.143 e. The average Bonchev–Trinajstić information content (AvgIpc) is 2.87. The van der Waals surface area contributed by atoms with Crippen molar-refractivity contribution in [1.82, 2.24) is 19.9 Å². The fraction of sp³-hybridized carbons (Fsp3) is 0.100. The SMILES string of the molecule is Nc1nc(Cc2cncs2)nc2[nH]ccc12. The Kier molecular flexibility index (Phi) is 2.07. The van der Waals surface area contributed by atoms with Gasteiger partial charge in [-0.1, -0.05) is 0 Å². The van der Waals surface area contributed by atoms with Gasteiger partial charge in [0.25, 0.3) is 0 Å². The van der Waals surface area contributed by atoms with E-state index in [1.165, 1.54) is 0 Å². The first-order chi connectivity index (χ1) is 7.83. The Morgan fingerprint density at radius 3 is 3.12 bits per heavy atom. The summed E-state index contributed by atoms with van der Waals surface area (Å²) in [6, 6.07) is 1.88. The van der Waals surface area contributed by atoms with E-state index >= 15 is 0 Å². The third-order valence-electron chi connectivity index (χ3n) is 2.31. The molecule has 0 unspecified atom stereocenters. The third kappa shape index (κ3) is 1.53. The molecule has 0 aliphatic rings. The Morgan fingerprint density at radius 2 is 2.31 bits per heavy atom. The molecule has 5 nitrogen and oxygen atoms in total. The first-order valence-electron chi connectivity index (χ1n) is 4.80. The maximum atomic E-state index is 5.85. The second-order valence-corrected chi connectivity index (χ2v) is 4.38. The Hall–Kier alpha value is -1.95. The summed E-state index contributed by atoms with van der Waals surface area (Å²) in [5, 5.41) is 0.869. The van der Waals surface area contributed by atoms with Gasteiger partial charge in [-0.2, -0.15) is 0 Å². The van der Waals surface area contributed by atoms with Crippen LogP contribution < -0.4 is 5.73 Å². The average molecular weight is 231 g/mol. The van der Waals surface area contributed by atoms with E-state index in [2.05, 4.69) is 19.9 Å². The highest BCUT2D eigenvalue weighted by Gasteiger charge is 2.07. The highest BCUT2D eigenvalue weighted by molar-refractivity contribution is 7.09. The third-order valence-corrected chi connectivity index (χ3v) is 3.09. The van der Waals surface area contributed by atoms with E-state index in [1.807, 2.05) is 18.5 Å². The summed E-state index contributed by atoms with van der Waals surface area (Å²) in [6.07, 6.45) is 4.30. The standard InChI is InChI=1S/C10H9N5S/c11-9-7-1-2-13-10(7)15-8(14-9)3-6-4-12-5-16-6/h1-2,4-5H,3H2,(H3,11,13,14,15). The van der Waals surface area contributed by atoms with Gasteiger partial charge >= 0.3 is 0 Å². The molecule has 0 atom stereocenters. The molecule has 0 amide bonds. The fourth-order valence-corrected chi connectivity index (χ4v) is 2.17. The van der Waals surface area contributed by atoms with Crippen molar-refractivity contribution in [3.8, 4) is 0 Å². The molecule has 3 aromatic rings. The number of thiazole rings is 1. The van der Waals surface area contributed by atoms with Gasteiger partial charge in [0.05, 0.1) is 10.9 Å². The normalized spacial score (nSPS) is 11.0. The number of anilines is 1. The molecular formula is C10H9N5S. The second-order valence-electron chi connectivity index (χ2n) is 3.41. The van der Waals surface area contributed by atoms with E-state index in [0.29, 0.717) is 12.2 Å². The molecular weight excluding hydrogens is 222 g/mol. The first-order valence-corrected chi connectivity index (χ1v) is 5.68. The van der Waals surface area contributed by atoms with Crippen molar-refractivity contribution in [2.24, 2.45) is 0 Å². The van der Waals surface area contributed by atoms with Crippen molar-refractivity contribution < 1.29 is 0 Å². The van der Waals surface area contributed by atoms with Gasteiger partial charge in [-0.15, -0.1) is 11.3 Å². The summed E-state index contributed by atoms with van der Waals surface area (Å²) >= 11 is 1.59. The van der Waals surface area contributed by atoms with Crippen LogP contribution in [0.5, 0.6) is 0 Å². The number of rotatable bonds is 2. The zero-order chi connectivity index (χ0) is 11.0. The molecule has 3 heterocycles. The number of aromatic amines is 1. The van der Waals surface area contributed by atoms with Crippen LogP contribution >= 0.6 is 11.3 Å². The zero-order valence-electron chi connectivity index (χ0n) is 8.34. The summed E-state index contributed by atoms with van der Waals surface area (Å²) in [4.78, 5) is 16.9. The molecule has 3 aromatic heterocycles. The van der Waals surface area contributed by atoms with Gasteiger partial charge in [-0.3, -0.25) is 4.98 Å². The minimum atomic E-state index is 0.519. The number of nitrogens with zero attached hydrogens (tertiary/aromatic N) is 3. The lowest BCUT2D eigenvalue weighted by Gasteiger charge is -2.00. The molecule has 0 saturated carbocycles. The van der Waals surface area contributed by atoms with Crippen LogP contribution in [0.4, 0.5) is 5.82 Å². The summed E-state index contributed by atoms with van der Waals surface area (Å²) in [5.41, 5.74) is 8.43. The number of nitrogen functional groups attached to an aromatic ring is 1. The Morgan fingerprint density at radius 1 is 1.38 bits per heavy atom. The van der Waals surface area contributed by atoms with Gasteiger partial charge in [-0.25, -0.2) is 9.97 Å². The van der Waals surface area contributed by atoms with Crippen molar-refractivity contribution >= 4 is 28.2 Å². The smallest absolute Gasteiger partial charge is 0.143 e. The van der Waals surface area contributed by atoms with E-state index in [1.54, 1.807) is 16.8 Å². The van der Waals surface area contributed by atoms with Crippen molar-refractivity contribution in [2.45, 2.75) is 6.42 Å². The van der Waals surface area contributed by atoms with Crippen molar-refractivity contribution in [2.75, 3.05) is 5.73 Å². The van der Waals surface area contributed by atoms with E-state index in [4.69, 9.17) is 5.73 Å². The number of H-pyrrole nitrogens is 1. The second kappa shape index (κ2) is 3.57. The molecule has 0 spiro atoms. The molecule has 80 valence electrons. The quantitative estimate of drug-likeness (QED) is 0.701.